The fourth-order valence-corrected chi connectivity index (χ4v) is 26.5. The topological polar surface area (TPSA) is 141 Å². The van der Waals surface area contributed by atoms with E-state index in [0.717, 1.165) is 75.0 Å². The van der Waals surface area contributed by atoms with Crippen LogP contribution in [-0.4, -0.2) is 78.5 Å². The Morgan fingerprint density at radius 3 is 1.27 bits per heavy atom. The Balaban J connectivity index is 0.000000115. The highest BCUT2D eigenvalue weighted by atomic mass is 32.2. The number of esters is 5. The summed E-state index contributed by atoms with van der Waals surface area (Å²) in [6.07, 6.45) is 14.8. The summed E-state index contributed by atoms with van der Waals surface area (Å²) < 4.78 is 87.8. The highest BCUT2D eigenvalue weighted by Crippen LogP contribution is 2.65. The molecule has 105 heavy (non-hydrogen) atoms. The molecule has 21 rings (SSSR count). The molecule has 14 aliphatic carbocycles. The number of carbonyl (C=O) groups is 5. The van der Waals surface area contributed by atoms with Crippen LogP contribution in [0.25, 0.3) is 0 Å². The van der Waals surface area contributed by atoms with Crippen molar-refractivity contribution in [2.24, 2.45) is 94.2 Å². The molecule has 556 valence electrons. The standard InChI is InChI=1S/C25H34F2O5.C24H30F2O6.C21H21S.C18H15S/c1-24(26,27)22(28)32-21-18-7-15-8-19(21)11-25(9-15,10-18)23(29)31-12-30-20-16-3-13-2-14(5-16)6-17(20)4-13;1-3-24(12-5-10-4-11(7-12)8-13(24)6-10)32-21(28)17-15-9-14-16(17)20(27)30-18(14)19(15)31-22(29)23(2,25)26;1-16-4-10-19(11-5-16)22(20-12-6-17(2)7-13-20)21-14-8-18(3)9-15-21;1-4-10-16(11-5-1)19(17-12-6-2-7-13-17)18-14-8-3-9-15-18/h13-21H,2-12H2,1H3;10-19H,3-9H2,1-2H3;4-15H,1-3H3;1-15H/q;;2*+1. The van der Waals surface area contributed by atoms with Crippen molar-refractivity contribution in [3.05, 3.63) is 180 Å². The summed E-state index contributed by atoms with van der Waals surface area (Å²) in [5, 5.41) is 0. The summed E-state index contributed by atoms with van der Waals surface area (Å²) in [6.45, 7) is 9.57. The van der Waals surface area contributed by atoms with Gasteiger partial charge in [-0.1, -0.05) is 115 Å². The van der Waals surface area contributed by atoms with Crippen molar-refractivity contribution in [2.45, 2.75) is 222 Å². The largest absolute Gasteiger partial charge is 0.458 e. The summed E-state index contributed by atoms with van der Waals surface area (Å²) in [5.74, 6) is -8.14. The Kier molecular flexibility index (Phi) is 20.9. The van der Waals surface area contributed by atoms with Crippen molar-refractivity contribution in [2.75, 3.05) is 6.79 Å². The molecule has 8 atom stereocenters. The second-order valence-corrected chi connectivity index (χ2v) is 37.5. The molecule has 15 aliphatic rings. The van der Waals surface area contributed by atoms with E-state index in [0.29, 0.717) is 62.7 Å². The average Bonchev–Trinajstić information content (AvgIpc) is 1.59. The van der Waals surface area contributed by atoms with Gasteiger partial charge in [0, 0.05) is 25.7 Å². The van der Waals surface area contributed by atoms with Gasteiger partial charge in [-0.05, 0) is 268 Å². The molecule has 1 saturated heterocycles. The van der Waals surface area contributed by atoms with E-state index < -0.39 is 82.8 Å². The Labute approximate surface area is 621 Å². The van der Waals surface area contributed by atoms with E-state index in [1.807, 2.05) is 0 Å². The van der Waals surface area contributed by atoms with E-state index in [1.165, 1.54) is 84.6 Å². The van der Waals surface area contributed by atoms with Crippen molar-refractivity contribution in [3.63, 3.8) is 0 Å². The van der Waals surface area contributed by atoms with Crippen molar-refractivity contribution >= 4 is 51.6 Å². The molecule has 8 unspecified atom stereocenters. The number of hydrogen-bond acceptors (Lipinski definition) is 11. The lowest BCUT2D eigenvalue weighted by Gasteiger charge is -2.60. The number of halogens is 4. The second kappa shape index (κ2) is 29.9. The average molecular weight is 1470 g/mol. The van der Waals surface area contributed by atoms with Crippen molar-refractivity contribution < 1.29 is 70.0 Å². The molecule has 11 nitrogen and oxygen atoms in total. The third-order valence-electron chi connectivity index (χ3n) is 26.3. The molecule has 14 bridgehead atoms. The Hall–Kier alpha value is -6.95. The predicted octanol–water partition coefficient (Wildman–Crippen LogP) is 18.7. The quantitative estimate of drug-likeness (QED) is 0.0283. The summed E-state index contributed by atoms with van der Waals surface area (Å²) in [6, 6.07) is 59.0. The predicted molar refractivity (Wildman–Crippen MR) is 392 cm³/mol. The third kappa shape index (κ3) is 15.0. The van der Waals surface area contributed by atoms with Gasteiger partial charge >= 0.3 is 41.7 Å². The van der Waals surface area contributed by atoms with Crippen LogP contribution in [0, 0.1) is 115 Å². The van der Waals surface area contributed by atoms with Gasteiger partial charge in [-0.25, -0.2) is 9.59 Å². The summed E-state index contributed by atoms with van der Waals surface area (Å²) >= 11 is 0. The first-order chi connectivity index (χ1) is 50.4. The van der Waals surface area contributed by atoms with Crippen molar-refractivity contribution in [1.82, 2.24) is 0 Å². The van der Waals surface area contributed by atoms with Crippen LogP contribution in [0.2, 0.25) is 0 Å². The molecule has 0 aromatic heterocycles. The van der Waals surface area contributed by atoms with Crippen molar-refractivity contribution in [1.29, 1.82) is 0 Å². The van der Waals surface area contributed by atoms with E-state index in [1.54, 1.807) is 0 Å². The van der Waals surface area contributed by atoms with Crippen molar-refractivity contribution in [3.8, 4) is 0 Å². The number of benzene rings is 6. The normalized spacial score (nSPS) is 34.1. The van der Waals surface area contributed by atoms with Crippen LogP contribution in [0.1, 0.15) is 147 Å². The van der Waals surface area contributed by atoms with E-state index >= 15 is 0 Å². The summed E-state index contributed by atoms with van der Waals surface area (Å²) in [7, 11) is -0.0541. The fraction of sp³-hybridized carbons (Fsp3) is 0.534. The highest BCUT2D eigenvalue weighted by molar-refractivity contribution is 7.97. The van der Waals surface area contributed by atoms with Crippen LogP contribution in [-0.2, 0) is 74.2 Å². The van der Waals surface area contributed by atoms with Crippen LogP contribution < -0.4 is 0 Å². The smallest absolute Gasteiger partial charge is 0.377 e. The van der Waals surface area contributed by atoms with E-state index in [9.17, 15) is 41.5 Å². The first-order valence-corrected chi connectivity index (χ1v) is 41.1. The highest BCUT2D eigenvalue weighted by Gasteiger charge is 2.72. The number of rotatable bonds is 17. The minimum absolute atomic E-state index is 0.0146. The van der Waals surface area contributed by atoms with Gasteiger partial charge in [0.05, 0.1) is 45.1 Å². The minimum Gasteiger partial charge on any atom is -0.458 e. The molecule has 0 radical (unpaired) electrons. The zero-order valence-electron chi connectivity index (χ0n) is 61.1. The number of carbonyl (C=O) groups excluding carboxylic acids is 5. The van der Waals surface area contributed by atoms with Gasteiger partial charge in [0.2, 0.25) is 0 Å². The van der Waals surface area contributed by atoms with Gasteiger partial charge in [0.15, 0.2) is 36.2 Å². The molecule has 1 aliphatic heterocycles. The third-order valence-corrected chi connectivity index (χ3v) is 30.8. The maximum Gasteiger partial charge on any atom is 0.377 e. The van der Waals surface area contributed by atoms with Gasteiger partial charge in [-0.15, -0.1) is 0 Å². The lowest BCUT2D eigenvalue weighted by molar-refractivity contribution is -0.219. The summed E-state index contributed by atoms with van der Waals surface area (Å²) in [4.78, 5) is 71.3. The molecule has 0 spiro atoms. The molecule has 6 aromatic rings. The SMILES string of the molecule is CC(F)(F)C(=O)OC1C2CC3CC1CC(C(=O)OCOC1C4CC5CC(C4)CC1C5)(C3)C2.CCC1(OC(=O)C2C3CC4C(OC(=O)C42)C3OC(=O)C(C)(F)F)C2CC3CC(C2)CC1C3.Cc1ccc([S+](c2ccc(C)cc2)c2ccc(C)cc2)cc1.c1ccc([S+](c2ccccc2)c2ccccc2)cc1. The molecular weight excluding hydrogens is 1370 g/mol. The zero-order chi connectivity index (χ0) is 73.3. The molecular formula is C88H100F4O11S2+2. The number of alkyl halides is 4. The number of hydrogen-bond donors (Lipinski definition) is 0. The van der Waals surface area contributed by atoms with Crippen LogP contribution >= 0.6 is 0 Å². The first kappa shape index (κ1) is 73.6. The zero-order valence-corrected chi connectivity index (χ0v) is 62.7. The molecule has 0 amide bonds. The fourth-order valence-electron chi connectivity index (χ4n) is 22.4. The molecule has 0 N–H and O–H groups in total. The maximum atomic E-state index is 13.6. The maximum absolute atomic E-state index is 13.6. The van der Waals surface area contributed by atoms with Crippen LogP contribution in [0.5, 0.6) is 0 Å². The number of ether oxygens (including phenoxy) is 6. The molecule has 15 fully saturated rings. The Morgan fingerprint density at radius 2 is 0.857 bits per heavy atom. The van der Waals surface area contributed by atoms with Gasteiger partial charge in [-0.3, -0.25) is 14.4 Å². The Morgan fingerprint density at radius 1 is 0.467 bits per heavy atom. The lowest BCUT2D eigenvalue weighted by atomic mass is 9.48. The second-order valence-electron chi connectivity index (χ2n) is 33.4. The Bertz CT molecular complexity index is 3800. The molecule has 14 saturated carbocycles. The molecule has 17 heteroatoms. The number of fused-ring (bicyclic) bond motifs is 1. The van der Waals surface area contributed by atoms with E-state index in [-0.39, 0.29) is 58.4 Å². The lowest BCUT2D eigenvalue weighted by Crippen LogP contribution is -2.60. The molecule has 6 aromatic carbocycles. The van der Waals surface area contributed by atoms with Gasteiger partial charge < -0.3 is 28.4 Å². The minimum atomic E-state index is -3.65. The monoisotopic (exact) mass is 1470 g/mol. The van der Waals surface area contributed by atoms with Gasteiger partial charge in [0.1, 0.15) is 23.9 Å². The van der Waals surface area contributed by atoms with Crippen LogP contribution in [0.15, 0.2) is 193 Å². The molecule has 1 heterocycles. The summed E-state index contributed by atoms with van der Waals surface area (Å²) in [5.41, 5.74) is 2.85. The van der Waals surface area contributed by atoms with Crippen LogP contribution in [0.4, 0.5) is 17.6 Å². The number of aryl methyl sites for hydroxylation is 3. The van der Waals surface area contributed by atoms with E-state index in [2.05, 4.69) is 191 Å². The first-order valence-electron chi connectivity index (χ1n) is 38.6. The van der Waals surface area contributed by atoms with Crippen LogP contribution in [0.3, 0.4) is 0 Å². The van der Waals surface area contributed by atoms with E-state index in [4.69, 9.17) is 28.4 Å². The van der Waals surface area contributed by atoms with Gasteiger partial charge in [-0.2, -0.15) is 17.6 Å². The van der Waals surface area contributed by atoms with Gasteiger partial charge in [0.25, 0.3) is 0 Å².